The third kappa shape index (κ3) is 3.44. The highest BCUT2D eigenvalue weighted by molar-refractivity contribution is 7.89. The molecule has 0 spiro atoms. The van der Waals surface area contributed by atoms with Gasteiger partial charge in [-0.05, 0) is 18.1 Å². The lowest BCUT2D eigenvalue weighted by molar-refractivity contribution is 0.521. The summed E-state index contributed by atoms with van der Waals surface area (Å²) in [6.07, 6.45) is 0. The Morgan fingerprint density at radius 1 is 1.24 bits per heavy atom. The van der Waals surface area contributed by atoms with E-state index in [4.69, 9.17) is 0 Å². The van der Waals surface area contributed by atoms with Crippen LogP contribution in [0.1, 0.15) is 13.8 Å². The van der Waals surface area contributed by atoms with Crippen LogP contribution < -0.4 is 5.32 Å². The van der Waals surface area contributed by atoms with Crippen LogP contribution in [-0.4, -0.2) is 33.4 Å². The molecule has 0 aromatic heterocycles. The number of hydrogen-bond acceptors (Lipinski definition) is 3. The quantitative estimate of drug-likeness (QED) is 0.876. The highest BCUT2D eigenvalue weighted by Gasteiger charge is 2.20. The van der Waals surface area contributed by atoms with Crippen molar-refractivity contribution in [3.63, 3.8) is 0 Å². The first-order valence-electron chi connectivity index (χ1n) is 5.61. The van der Waals surface area contributed by atoms with Gasteiger partial charge >= 0.3 is 0 Å². The first-order chi connectivity index (χ1) is 7.85. The van der Waals surface area contributed by atoms with Gasteiger partial charge in [0, 0.05) is 20.6 Å². The lowest BCUT2D eigenvalue weighted by Gasteiger charge is -2.16. The Morgan fingerprint density at radius 2 is 1.82 bits per heavy atom. The van der Waals surface area contributed by atoms with E-state index in [2.05, 4.69) is 19.2 Å². The predicted octanol–water partition coefficient (Wildman–Crippen LogP) is 2.00. The number of para-hydroxylation sites is 1. The van der Waals surface area contributed by atoms with Gasteiger partial charge in [-0.3, -0.25) is 0 Å². The molecular formula is C12H20N2O2S. The molecule has 0 saturated carbocycles. The van der Waals surface area contributed by atoms with Crippen molar-refractivity contribution in [3.8, 4) is 0 Å². The van der Waals surface area contributed by atoms with E-state index in [1.807, 2.05) is 6.07 Å². The second-order valence-electron chi connectivity index (χ2n) is 4.56. The van der Waals surface area contributed by atoms with Crippen molar-refractivity contribution in [2.45, 2.75) is 18.7 Å². The minimum Gasteiger partial charge on any atom is -0.384 e. The zero-order valence-electron chi connectivity index (χ0n) is 10.8. The van der Waals surface area contributed by atoms with Crippen LogP contribution in [0.15, 0.2) is 29.2 Å². The smallest absolute Gasteiger partial charge is 0.244 e. The highest BCUT2D eigenvalue weighted by atomic mass is 32.2. The molecule has 1 N–H and O–H groups in total. The fraction of sp³-hybridized carbons (Fsp3) is 0.500. The maximum Gasteiger partial charge on any atom is 0.244 e. The summed E-state index contributed by atoms with van der Waals surface area (Å²) in [5.41, 5.74) is 0.662. The largest absolute Gasteiger partial charge is 0.384 e. The molecule has 1 aromatic rings. The van der Waals surface area contributed by atoms with Crippen molar-refractivity contribution in [1.29, 1.82) is 0 Å². The van der Waals surface area contributed by atoms with Gasteiger partial charge in [-0.1, -0.05) is 26.0 Å². The number of hydrogen-bond donors (Lipinski definition) is 1. The summed E-state index contributed by atoms with van der Waals surface area (Å²) in [5.74, 6) is 0.463. The van der Waals surface area contributed by atoms with Crippen LogP contribution in [0.5, 0.6) is 0 Å². The first-order valence-corrected chi connectivity index (χ1v) is 7.05. The molecule has 0 heterocycles. The third-order valence-electron chi connectivity index (χ3n) is 2.35. The first kappa shape index (κ1) is 14.0. The minimum atomic E-state index is -3.38. The minimum absolute atomic E-state index is 0.325. The van der Waals surface area contributed by atoms with Crippen molar-refractivity contribution in [3.05, 3.63) is 24.3 Å². The summed E-state index contributed by atoms with van der Waals surface area (Å²) in [5, 5.41) is 3.17. The monoisotopic (exact) mass is 256 g/mol. The van der Waals surface area contributed by atoms with Gasteiger partial charge < -0.3 is 5.32 Å². The van der Waals surface area contributed by atoms with Crippen molar-refractivity contribution < 1.29 is 8.42 Å². The van der Waals surface area contributed by atoms with Gasteiger partial charge in [0.15, 0.2) is 0 Å². The Kier molecular flexibility index (Phi) is 4.54. The van der Waals surface area contributed by atoms with E-state index in [0.29, 0.717) is 16.5 Å². The molecule has 17 heavy (non-hydrogen) atoms. The van der Waals surface area contributed by atoms with Crippen molar-refractivity contribution in [1.82, 2.24) is 4.31 Å². The van der Waals surface area contributed by atoms with Crippen LogP contribution in [0.4, 0.5) is 5.69 Å². The highest BCUT2D eigenvalue weighted by Crippen LogP contribution is 2.23. The maximum absolute atomic E-state index is 12.1. The molecule has 1 aromatic carbocycles. The Bertz CT molecular complexity index is 467. The summed E-state index contributed by atoms with van der Waals surface area (Å²) < 4.78 is 25.4. The van der Waals surface area contributed by atoms with Crippen LogP contribution in [0, 0.1) is 5.92 Å². The summed E-state index contributed by atoms with van der Waals surface area (Å²) in [4.78, 5) is 0.325. The lowest BCUT2D eigenvalue weighted by atomic mass is 10.2. The molecule has 1 rings (SSSR count). The number of nitrogens with one attached hydrogen (secondary N) is 1. The van der Waals surface area contributed by atoms with E-state index in [-0.39, 0.29) is 0 Å². The van der Waals surface area contributed by atoms with Gasteiger partial charge in [-0.2, -0.15) is 0 Å². The van der Waals surface area contributed by atoms with Crippen LogP contribution in [0.3, 0.4) is 0 Å². The molecule has 0 atom stereocenters. The normalized spacial score (nSPS) is 12.1. The molecule has 0 unspecified atom stereocenters. The Balaban J connectivity index is 3.08. The average Bonchev–Trinajstić information content (AvgIpc) is 2.26. The molecule has 0 radical (unpaired) electrons. The van der Waals surface area contributed by atoms with Crippen LogP contribution in [0.2, 0.25) is 0 Å². The van der Waals surface area contributed by atoms with Crippen molar-refractivity contribution >= 4 is 15.7 Å². The number of benzene rings is 1. The molecule has 0 fully saturated rings. The standard InChI is InChI=1S/C12H20N2O2S/c1-10(2)9-13-11-7-5-6-8-12(11)17(15,16)14(3)4/h5-8,10,13H,9H2,1-4H3. The summed E-state index contributed by atoms with van der Waals surface area (Å²) >= 11 is 0. The Labute approximate surface area is 104 Å². The predicted molar refractivity (Wildman–Crippen MR) is 70.6 cm³/mol. The van der Waals surface area contributed by atoms with Gasteiger partial charge in [-0.15, -0.1) is 0 Å². The molecule has 4 nitrogen and oxygen atoms in total. The summed E-state index contributed by atoms with van der Waals surface area (Å²) in [7, 11) is -0.312. The fourth-order valence-electron chi connectivity index (χ4n) is 1.35. The van der Waals surface area contributed by atoms with Crippen LogP contribution in [0.25, 0.3) is 0 Å². The molecule has 96 valence electrons. The van der Waals surface area contributed by atoms with E-state index in [1.54, 1.807) is 18.2 Å². The van der Waals surface area contributed by atoms with Crippen molar-refractivity contribution in [2.24, 2.45) is 5.92 Å². The zero-order chi connectivity index (χ0) is 13.1. The zero-order valence-corrected chi connectivity index (χ0v) is 11.6. The van der Waals surface area contributed by atoms with Crippen LogP contribution >= 0.6 is 0 Å². The third-order valence-corrected chi connectivity index (χ3v) is 4.22. The van der Waals surface area contributed by atoms with Gasteiger partial charge in [-0.25, -0.2) is 12.7 Å². The number of rotatable bonds is 5. The summed E-state index contributed by atoms with van der Waals surface area (Å²) in [6.45, 7) is 4.91. The number of nitrogens with zero attached hydrogens (tertiary/aromatic N) is 1. The van der Waals surface area contributed by atoms with E-state index < -0.39 is 10.0 Å². The molecule has 0 aliphatic carbocycles. The number of sulfonamides is 1. The molecule has 0 aliphatic heterocycles. The average molecular weight is 256 g/mol. The van der Waals surface area contributed by atoms with Gasteiger partial charge in [0.2, 0.25) is 10.0 Å². The Morgan fingerprint density at radius 3 is 2.35 bits per heavy atom. The fourth-order valence-corrected chi connectivity index (χ4v) is 2.41. The lowest BCUT2D eigenvalue weighted by Crippen LogP contribution is -2.23. The topological polar surface area (TPSA) is 49.4 Å². The van der Waals surface area contributed by atoms with E-state index in [1.165, 1.54) is 18.4 Å². The SMILES string of the molecule is CC(C)CNc1ccccc1S(=O)(=O)N(C)C. The van der Waals surface area contributed by atoms with Gasteiger partial charge in [0.1, 0.15) is 4.90 Å². The second-order valence-corrected chi connectivity index (χ2v) is 6.68. The van der Waals surface area contributed by atoms with E-state index in [9.17, 15) is 8.42 Å². The van der Waals surface area contributed by atoms with Gasteiger partial charge in [0.05, 0.1) is 5.69 Å². The Hall–Kier alpha value is -1.07. The van der Waals surface area contributed by atoms with E-state index in [0.717, 1.165) is 6.54 Å². The molecule has 5 heteroatoms. The molecule has 0 saturated heterocycles. The maximum atomic E-state index is 12.1. The van der Waals surface area contributed by atoms with Gasteiger partial charge in [0.25, 0.3) is 0 Å². The molecule has 0 bridgehead atoms. The molecular weight excluding hydrogens is 236 g/mol. The van der Waals surface area contributed by atoms with Crippen molar-refractivity contribution in [2.75, 3.05) is 26.0 Å². The second kappa shape index (κ2) is 5.51. The number of anilines is 1. The molecule has 0 aliphatic rings. The van der Waals surface area contributed by atoms with E-state index >= 15 is 0 Å². The summed E-state index contributed by atoms with van der Waals surface area (Å²) in [6, 6.07) is 6.98. The molecule has 0 amide bonds. The van der Waals surface area contributed by atoms with Crippen LogP contribution in [-0.2, 0) is 10.0 Å².